The van der Waals surface area contributed by atoms with Gasteiger partial charge in [-0.05, 0) is 35.2 Å². The van der Waals surface area contributed by atoms with Crippen molar-refractivity contribution in [3.05, 3.63) is 90.0 Å². The molecule has 0 aliphatic heterocycles. The summed E-state index contributed by atoms with van der Waals surface area (Å²) in [5, 5.41) is 1.68. The van der Waals surface area contributed by atoms with Gasteiger partial charge in [0.15, 0.2) is 0 Å². The molecule has 3 aromatic carbocycles. The number of para-hydroxylation sites is 1. The maximum absolute atomic E-state index is 13.0. The van der Waals surface area contributed by atoms with E-state index in [0.29, 0.717) is 0 Å². The largest absolute Gasteiger partial charge is 0.457 e. The summed E-state index contributed by atoms with van der Waals surface area (Å²) in [4.78, 5) is 0. The molecule has 152 valence electrons. The van der Waals surface area contributed by atoms with Gasteiger partial charge in [0, 0.05) is 5.75 Å². The first-order valence-electron chi connectivity index (χ1n) is 9.31. The Hall–Kier alpha value is -2.18. The van der Waals surface area contributed by atoms with E-state index >= 15 is 0 Å². The first-order valence-corrected chi connectivity index (χ1v) is 13.7. The summed E-state index contributed by atoms with van der Waals surface area (Å²) in [7, 11) is -1.99. The summed E-state index contributed by atoms with van der Waals surface area (Å²) >= 11 is 1.76. The molecule has 0 unspecified atom stereocenters. The van der Waals surface area contributed by atoms with Crippen molar-refractivity contribution in [2.75, 3.05) is 5.38 Å². The van der Waals surface area contributed by atoms with Crippen molar-refractivity contribution < 1.29 is 17.9 Å². The van der Waals surface area contributed by atoms with Gasteiger partial charge in [0.25, 0.3) is 0 Å². The lowest BCUT2D eigenvalue weighted by Gasteiger charge is -2.23. The van der Waals surface area contributed by atoms with E-state index in [1.54, 1.807) is 11.8 Å². The molecule has 0 N–H and O–H groups in total. The lowest BCUT2D eigenvalue weighted by molar-refractivity contribution is -0.137. The molecule has 29 heavy (non-hydrogen) atoms. The third-order valence-corrected chi connectivity index (χ3v) is 10.7. The average molecular weight is 433 g/mol. The minimum Gasteiger partial charge on any atom is -0.457 e. The minimum atomic E-state index is -4.30. The van der Waals surface area contributed by atoms with Crippen molar-refractivity contribution in [1.29, 1.82) is 0 Å². The van der Waals surface area contributed by atoms with Crippen LogP contribution in [0.1, 0.15) is 11.1 Å². The molecule has 0 radical (unpaired) electrons. The molecule has 1 nitrogen and oxygen atoms in total. The zero-order valence-electron chi connectivity index (χ0n) is 16.4. The number of alkyl halides is 3. The number of rotatable bonds is 7. The summed E-state index contributed by atoms with van der Waals surface area (Å²) in [5.74, 6) is 2.36. The minimum absolute atomic E-state index is 0.564. The molecule has 3 rings (SSSR count). The van der Waals surface area contributed by atoms with Crippen LogP contribution in [0, 0.1) is 0 Å². The average Bonchev–Trinajstić information content (AvgIpc) is 2.68. The molecule has 0 aliphatic carbocycles. The van der Waals surface area contributed by atoms with E-state index in [1.807, 2.05) is 60.7 Å². The molecule has 0 saturated heterocycles. The van der Waals surface area contributed by atoms with Crippen molar-refractivity contribution in [2.45, 2.75) is 25.0 Å². The fourth-order valence-corrected chi connectivity index (χ4v) is 7.57. The maximum Gasteiger partial charge on any atom is 0.416 e. The van der Waals surface area contributed by atoms with E-state index in [1.165, 1.54) is 12.1 Å². The highest BCUT2D eigenvalue weighted by atomic mass is 32.2. The van der Waals surface area contributed by atoms with Crippen LogP contribution in [0.15, 0.2) is 78.9 Å². The number of thioether (sulfide) groups is 1. The maximum atomic E-state index is 13.0. The highest BCUT2D eigenvalue weighted by molar-refractivity contribution is 8.00. The summed E-state index contributed by atoms with van der Waals surface area (Å²) in [6, 6.07) is 23.4. The van der Waals surface area contributed by atoms with Crippen molar-refractivity contribution >= 4 is 25.0 Å². The van der Waals surface area contributed by atoms with Crippen LogP contribution < -0.4 is 9.92 Å². The fourth-order valence-electron chi connectivity index (χ4n) is 2.95. The van der Waals surface area contributed by atoms with Crippen molar-refractivity contribution in [3.8, 4) is 11.5 Å². The lowest BCUT2D eigenvalue weighted by atomic mass is 10.2. The molecule has 0 bridgehead atoms. The normalized spacial score (nSPS) is 12.0. The zero-order valence-corrected chi connectivity index (χ0v) is 18.2. The Balaban J connectivity index is 1.61. The van der Waals surface area contributed by atoms with Crippen molar-refractivity contribution in [2.24, 2.45) is 0 Å². The van der Waals surface area contributed by atoms with E-state index in [9.17, 15) is 13.2 Å². The Morgan fingerprint density at radius 3 is 2.24 bits per heavy atom. The molecule has 3 aromatic rings. The van der Waals surface area contributed by atoms with Crippen LogP contribution >= 0.6 is 11.8 Å². The zero-order chi connectivity index (χ0) is 20.9. The molecule has 6 heteroatoms. The summed E-state index contributed by atoms with van der Waals surface area (Å²) in [6.07, 6.45) is -4.30. The van der Waals surface area contributed by atoms with E-state index in [4.69, 9.17) is 4.74 Å². The first-order chi connectivity index (χ1) is 13.7. The van der Waals surface area contributed by atoms with Crippen molar-refractivity contribution in [3.63, 3.8) is 0 Å². The Kier molecular flexibility index (Phi) is 6.75. The summed E-state index contributed by atoms with van der Waals surface area (Å²) in [5.41, 5.74) is 0.573. The molecule has 0 spiro atoms. The number of hydrogen-bond donors (Lipinski definition) is 0. The van der Waals surface area contributed by atoms with Gasteiger partial charge in [-0.3, -0.25) is 0 Å². The van der Waals surface area contributed by atoms with Crippen LogP contribution in [0.3, 0.4) is 0 Å². The lowest BCUT2D eigenvalue weighted by Crippen LogP contribution is -2.44. The van der Waals surface area contributed by atoms with Crippen LogP contribution in [0.5, 0.6) is 11.5 Å². The molecule has 0 fully saturated rings. The molecule has 0 atom stereocenters. The number of ether oxygens (including phenoxy) is 1. The summed E-state index contributed by atoms with van der Waals surface area (Å²) in [6.45, 7) is 4.23. The fraction of sp³-hybridized carbons (Fsp3) is 0.217. The van der Waals surface area contributed by atoms with E-state index in [-0.39, 0.29) is 0 Å². The van der Waals surface area contributed by atoms with Gasteiger partial charge in [-0.1, -0.05) is 72.9 Å². The molecular formula is C23H23F3OSSi. The van der Waals surface area contributed by atoms with Gasteiger partial charge in [-0.15, -0.1) is 0 Å². The standard InChI is InChI=1S/C23H23F3OSSi/c1-29(2,22-13-7-9-19(15-22)23(24,25)26)17-28-16-18-8-6-12-21(14-18)27-20-10-4-3-5-11-20/h3-15H,16-17H2,1-2H3. The van der Waals surface area contributed by atoms with Gasteiger partial charge in [0.1, 0.15) is 11.5 Å². The number of halogens is 3. The topological polar surface area (TPSA) is 9.23 Å². The summed E-state index contributed by atoms with van der Waals surface area (Å²) < 4.78 is 44.9. The number of hydrogen-bond acceptors (Lipinski definition) is 2. The Morgan fingerprint density at radius 2 is 1.52 bits per heavy atom. The third-order valence-electron chi connectivity index (χ3n) is 4.58. The van der Waals surface area contributed by atoms with Crippen LogP contribution in [0.2, 0.25) is 13.1 Å². The Morgan fingerprint density at radius 1 is 0.828 bits per heavy atom. The van der Waals surface area contributed by atoms with Gasteiger partial charge in [-0.25, -0.2) is 0 Å². The van der Waals surface area contributed by atoms with Gasteiger partial charge < -0.3 is 4.74 Å². The van der Waals surface area contributed by atoms with Crippen LogP contribution in [-0.2, 0) is 11.9 Å². The quantitative estimate of drug-likeness (QED) is 0.376. The van der Waals surface area contributed by atoms with Crippen LogP contribution in [0.25, 0.3) is 0 Å². The van der Waals surface area contributed by atoms with E-state index in [2.05, 4.69) is 13.1 Å². The predicted molar refractivity (Wildman–Crippen MR) is 118 cm³/mol. The molecule has 0 aromatic heterocycles. The molecule has 0 heterocycles. The smallest absolute Gasteiger partial charge is 0.416 e. The SMILES string of the molecule is C[Si](C)(CSCc1cccc(Oc2ccccc2)c1)c1cccc(C(F)(F)F)c1. The highest BCUT2D eigenvalue weighted by Crippen LogP contribution is 2.29. The second-order valence-corrected chi connectivity index (χ2v) is 13.7. The highest BCUT2D eigenvalue weighted by Gasteiger charge is 2.32. The third kappa shape index (κ3) is 6.15. The van der Waals surface area contributed by atoms with Gasteiger partial charge in [0.05, 0.1) is 13.6 Å². The number of benzene rings is 3. The van der Waals surface area contributed by atoms with Crippen molar-refractivity contribution in [1.82, 2.24) is 0 Å². The molecular weight excluding hydrogens is 409 g/mol. The van der Waals surface area contributed by atoms with Gasteiger partial charge >= 0.3 is 6.18 Å². The van der Waals surface area contributed by atoms with Crippen LogP contribution in [-0.4, -0.2) is 13.5 Å². The Bertz CT molecular complexity index is 942. The second kappa shape index (κ2) is 9.09. The Labute approximate surface area is 174 Å². The molecule has 0 aliphatic rings. The molecule has 0 amide bonds. The van der Waals surface area contributed by atoms with Gasteiger partial charge in [-0.2, -0.15) is 24.9 Å². The predicted octanol–water partition coefficient (Wildman–Crippen LogP) is 6.89. The van der Waals surface area contributed by atoms with Crippen LogP contribution in [0.4, 0.5) is 13.2 Å². The monoisotopic (exact) mass is 432 g/mol. The molecule has 0 saturated carbocycles. The first kappa shape index (κ1) is 21.5. The second-order valence-electron chi connectivity index (χ2n) is 7.52. The van der Waals surface area contributed by atoms with E-state index < -0.39 is 19.8 Å². The van der Waals surface area contributed by atoms with Gasteiger partial charge in [0.2, 0.25) is 0 Å². The van der Waals surface area contributed by atoms with E-state index in [0.717, 1.165) is 39.4 Å².